The Morgan fingerprint density at radius 3 is 1.53 bits per heavy atom. The third-order valence-electron chi connectivity index (χ3n) is 13.4. The lowest BCUT2D eigenvalue weighted by molar-refractivity contribution is 0.669. The van der Waals surface area contributed by atoms with E-state index in [0.717, 1.165) is 83.2 Å². The number of rotatable bonds is 7. The van der Waals surface area contributed by atoms with Gasteiger partial charge in [-0.2, -0.15) is 0 Å². The number of hydrogen-bond donors (Lipinski definition) is 0. The van der Waals surface area contributed by atoms with Crippen LogP contribution in [0.15, 0.2) is 245 Å². The van der Waals surface area contributed by atoms with Crippen molar-refractivity contribution in [2.75, 3.05) is 4.90 Å². The summed E-state index contributed by atoms with van der Waals surface area (Å²) in [7, 11) is 0. The second-order valence-electron chi connectivity index (χ2n) is 16.8. The number of benzene rings is 10. The molecule has 0 aliphatic heterocycles. The van der Waals surface area contributed by atoms with Crippen LogP contribution >= 0.6 is 0 Å². The zero-order valence-electron chi connectivity index (χ0n) is 34.8. The van der Waals surface area contributed by atoms with E-state index in [1.165, 1.54) is 33.4 Å². The van der Waals surface area contributed by atoms with Crippen LogP contribution in [0.1, 0.15) is 22.3 Å². The number of fused-ring (bicyclic) bond motifs is 9. The first kappa shape index (κ1) is 36.3. The van der Waals surface area contributed by atoms with Crippen LogP contribution in [0.5, 0.6) is 0 Å². The molecule has 1 aliphatic carbocycles. The molecule has 2 aromatic heterocycles. The van der Waals surface area contributed by atoms with Gasteiger partial charge in [0.25, 0.3) is 0 Å². The predicted octanol–water partition coefficient (Wildman–Crippen LogP) is 16.7. The van der Waals surface area contributed by atoms with Gasteiger partial charge in [-0.25, -0.2) is 0 Å². The minimum absolute atomic E-state index is 0.523. The first-order valence-electron chi connectivity index (χ1n) is 21.9. The highest BCUT2D eigenvalue weighted by molar-refractivity contribution is 6.10. The van der Waals surface area contributed by atoms with E-state index < -0.39 is 5.41 Å². The Kier molecular flexibility index (Phi) is 8.13. The third kappa shape index (κ3) is 5.47. The molecule has 1 aliphatic rings. The fourth-order valence-corrected chi connectivity index (χ4v) is 10.5. The van der Waals surface area contributed by atoms with Gasteiger partial charge < -0.3 is 13.7 Å². The summed E-state index contributed by atoms with van der Waals surface area (Å²) < 4.78 is 12.7. The van der Waals surface area contributed by atoms with Gasteiger partial charge in [0.05, 0.1) is 5.41 Å². The summed E-state index contributed by atoms with van der Waals surface area (Å²) in [6, 6.07) is 85.4. The van der Waals surface area contributed by atoms with Crippen LogP contribution in [-0.2, 0) is 5.41 Å². The first-order valence-corrected chi connectivity index (χ1v) is 21.9. The van der Waals surface area contributed by atoms with Crippen LogP contribution in [0.4, 0.5) is 17.1 Å². The van der Waals surface area contributed by atoms with Crippen LogP contribution < -0.4 is 4.90 Å². The fraction of sp³-hybridized carbons (Fsp3) is 0.0164. The molecular formula is C61H39NO2. The Morgan fingerprint density at radius 2 is 0.812 bits per heavy atom. The average Bonchev–Trinajstić information content (AvgIpc) is 4.03. The molecule has 0 bridgehead atoms. The van der Waals surface area contributed by atoms with Crippen molar-refractivity contribution < 1.29 is 8.83 Å². The molecule has 0 N–H and O–H groups in total. The molecule has 0 fully saturated rings. The molecule has 0 atom stereocenters. The quantitative estimate of drug-likeness (QED) is 0.160. The minimum Gasteiger partial charge on any atom is -0.456 e. The SMILES string of the molecule is c1ccc(C2(c3ccccc3)c3ccccc3-c3ccc(N(c4ccc(-c5ccc6oc7ccccc7c6c5)cc4)c4ccc(-c5cccc6c5oc5ccccc56)cc4)cc32)cc1. The van der Waals surface area contributed by atoms with Crippen molar-refractivity contribution in [3.63, 3.8) is 0 Å². The summed E-state index contributed by atoms with van der Waals surface area (Å²) in [5.74, 6) is 0. The molecule has 10 aromatic carbocycles. The van der Waals surface area contributed by atoms with Crippen molar-refractivity contribution in [2.24, 2.45) is 0 Å². The van der Waals surface area contributed by atoms with Gasteiger partial charge in [0.15, 0.2) is 0 Å². The Labute approximate surface area is 370 Å². The maximum absolute atomic E-state index is 6.49. The van der Waals surface area contributed by atoms with Gasteiger partial charge in [-0.3, -0.25) is 0 Å². The van der Waals surface area contributed by atoms with Crippen LogP contribution in [-0.4, -0.2) is 0 Å². The summed E-state index contributed by atoms with van der Waals surface area (Å²) in [5, 5.41) is 4.50. The van der Waals surface area contributed by atoms with Crippen molar-refractivity contribution in [3.05, 3.63) is 259 Å². The topological polar surface area (TPSA) is 29.5 Å². The highest BCUT2D eigenvalue weighted by atomic mass is 16.3. The van der Waals surface area contributed by atoms with E-state index in [1.807, 2.05) is 24.3 Å². The molecule has 12 aromatic rings. The Balaban J connectivity index is 0.983. The van der Waals surface area contributed by atoms with Crippen molar-refractivity contribution in [2.45, 2.75) is 5.41 Å². The zero-order chi connectivity index (χ0) is 42.2. The van der Waals surface area contributed by atoms with Gasteiger partial charge in [-0.05, 0) is 111 Å². The van der Waals surface area contributed by atoms with E-state index in [-0.39, 0.29) is 0 Å². The van der Waals surface area contributed by atoms with Gasteiger partial charge in [-0.1, -0.05) is 176 Å². The molecule has 3 heteroatoms. The van der Waals surface area contributed by atoms with E-state index in [4.69, 9.17) is 8.83 Å². The van der Waals surface area contributed by atoms with Gasteiger partial charge >= 0.3 is 0 Å². The zero-order valence-corrected chi connectivity index (χ0v) is 34.8. The van der Waals surface area contributed by atoms with Gasteiger partial charge in [-0.15, -0.1) is 0 Å². The summed E-state index contributed by atoms with van der Waals surface area (Å²) >= 11 is 0. The lowest BCUT2D eigenvalue weighted by Gasteiger charge is -2.35. The standard InChI is InChI=1S/C61H39NO2/c1-3-14-43(15-4-1)61(44-16-5-2-6-17-44)55-23-10-7-18-49(55)50-36-35-47(39-56(50)61)62(45-31-26-40(27-32-45)42-30-37-59-54(38-42)52-20-9-11-24-57(52)63-59)46-33-28-41(29-34-46)48-21-13-22-53-51-19-8-12-25-58(51)64-60(48)53/h1-39H. The molecule has 0 amide bonds. The first-order chi connectivity index (χ1) is 31.7. The average molecular weight is 818 g/mol. The van der Waals surface area contributed by atoms with Gasteiger partial charge in [0, 0.05) is 44.2 Å². The second kappa shape index (κ2) is 14.3. The summed E-state index contributed by atoms with van der Waals surface area (Å²) in [5.41, 5.74) is 18.3. The molecule has 0 unspecified atom stereocenters. The molecule has 0 spiro atoms. The Morgan fingerprint density at radius 1 is 0.297 bits per heavy atom. The molecule has 3 nitrogen and oxygen atoms in total. The summed E-state index contributed by atoms with van der Waals surface area (Å²) in [4.78, 5) is 2.39. The van der Waals surface area contributed by atoms with E-state index in [9.17, 15) is 0 Å². The molecule has 2 heterocycles. The second-order valence-corrected chi connectivity index (χ2v) is 16.8. The van der Waals surface area contributed by atoms with E-state index in [0.29, 0.717) is 0 Å². The van der Waals surface area contributed by atoms with Crippen LogP contribution in [0, 0.1) is 0 Å². The highest BCUT2D eigenvalue weighted by Crippen LogP contribution is 2.57. The van der Waals surface area contributed by atoms with Crippen molar-refractivity contribution in [1.29, 1.82) is 0 Å². The Bertz CT molecular complexity index is 3670. The Hall–Kier alpha value is -8.40. The molecule has 13 rings (SSSR count). The van der Waals surface area contributed by atoms with Crippen LogP contribution in [0.2, 0.25) is 0 Å². The van der Waals surface area contributed by atoms with Crippen LogP contribution in [0.3, 0.4) is 0 Å². The summed E-state index contributed by atoms with van der Waals surface area (Å²) in [6.45, 7) is 0. The minimum atomic E-state index is -0.523. The third-order valence-corrected chi connectivity index (χ3v) is 13.4. The molecule has 300 valence electrons. The predicted molar refractivity (Wildman–Crippen MR) is 264 cm³/mol. The molecular weight excluding hydrogens is 779 g/mol. The van der Waals surface area contributed by atoms with Crippen LogP contribution in [0.25, 0.3) is 77.3 Å². The lowest BCUT2D eigenvalue weighted by Crippen LogP contribution is -2.28. The fourth-order valence-electron chi connectivity index (χ4n) is 10.5. The largest absolute Gasteiger partial charge is 0.456 e. The van der Waals surface area contributed by atoms with Gasteiger partial charge in [0.1, 0.15) is 22.3 Å². The molecule has 0 radical (unpaired) electrons. The highest BCUT2D eigenvalue weighted by Gasteiger charge is 2.46. The number of furan rings is 2. The molecule has 0 saturated heterocycles. The number of anilines is 3. The molecule has 0 saturated carbocycles. The van der Waals surface area contributed by atoms with Gasteiger partial charge in [0.2, 0.25) is 0 Å². The van der Waals surface area contributed by atoms with Crippen molar-refractivity contribution in [1.82, 2.24) is 0 Å². The van der Waals surface area contributed by atoms with Crippen molar-refractivity contribution in [3.8, 4) is 33.4 Å². The van der Waals surface area contributed by atoms with E-state index >= 15 is 0 Å². The normalized spacial score (nSPS) is 12.8. The van der Waals surface area contributed by atoms with Crippen molar-refractivity contribution >= 4 is 60.9 Å². The maximum Gasteiger partial charge on any atom is 0.143 e. The monoisotopic (exact) mass is 817 g/mol. The molecule has 64 heavy (non-hydrogen) atoms. The number of hydrogen-bond acceptors (Lipinski definition) is 3. The number of para-hydroxylation sites is 3. The smallest absolute Gasteiger partial charge is 0.143 e. The van der Waals surface area contributed by atoms with E-state index in [1.54, 1.807) is 0 Å². The van der Waals surface area contributed by atoms with E-state index in [2.05, 4.69) is 217 Å². The maximum atomic E-state index is 6.49. The number of nitrogens with zero attached hydrogens (tertiary/aromatic N) is 1. The lowest BCUT2D eigenvalue weighted by atomic mass is 9.67. The summed E-state index contributed by atoms with van der Waals surface area (Å²) in [6.07, 6.45) is 0.